The first-order valence-electron chi connectivity index (χ1n) is 10.3. The van der Waals surface area contributed by atoms with Gasteiger partial charge in [-0.2, -0.15) is 0 Å². The molecule has 0 saturated carbocycles. The zero-order valence-electron chi connectivity index (χ0n) is 19.6. The van der Waals surface area contributed by atoms with E-state index in [0.29, 0.717) is 27.9 Å². The summed E-state index contributed by atoms with van der Waals surface area (Å²) >= 11 is 1.32. The van der Waals surface area contributed by atoms with Crippen molar-refractivity contribution < 1.29 is 19.1 Å². The summed E-state index contributed by atoms with van der Waals surface area (Å²) in [5, 5.41) is 3.54. The van der Waals surface area contributed by atoms with Gasteiger partial charge in [0.05, 0.1) is 36.9 Å². The molecule has 1 N–H and O–H groups in total. The van der Waals surface area contributed by atoms with E-state index < -0.39 is 0 Å². The van der Waals surface area contributed by atoms with Gasteiger partial charge in [-0.25, -0.2) is 4.98 Å². The van der Waals surface area contributed by atoms with Crippen molar-refractivity contribution in [2.24, 2.45) is 0 Å². The molecular weight excluding hydrogens is 440 g/mol. The summed E-state index contributed by atoms with van der Waals surface area (Å²) in [6, 6.07) is 9.24. The van der Waals surface area contributed by atoms with Gasteiger partial charge >= 0.3 is 0 Å². The van der Waals surface area contributed by atoms with Crippen LogP contribution in [0.25, 0.3) is 5.69 Å². The number of ether oxygens (including phenoxy) is 2. The fraction of sp³-hybridized carbons (Fsp3) is 0.292. The summed E-state index contributed by atoms with van der Waals surface area (Å²) in [4.78, 5) is 31.3. The quantitative estimate of drug-likeness (QED) is 0.504. The number of nitrogens with zero attached hydrogens (tertiary/aromatic N) is 3. The number of imidazole rings is 1. The minimum atomic E-state index is -0.268. The Hall–Kier alpha value is -3.46. The molecule has 0 bridgehead atoms. The molecule has 174 valence electrons. The molecular formula is C24H28N4O4S. The average molecular weight is 469 g/mol. The summed E-state index contributed by atoms with van der Waals surface area (Å²) in [7, 11) is 6.29. The van der Waals surface area contributed by atoms with Crippen LogP contribution in [0.1, 0.15) is 21.5 Å². The monoisotopic (exact) mass is 468 g/mol. The van der Waals surface area contributed by atoms with Crippen molar-refractivity contribution in [2.75, 3.05) is 39.4 Å². The molecule has 0 aliphatic rings. The number of amides is 2. The van der Waals surface area contributed by atoms with Gasteiger partial charge in [-0.05, 0) is 37.1 Å². The van der Waals surface area contributed by atoms with Crippen LogP contribution in [0.3, 0.4) is 0 Å². The Morgan fingerprint density at radius 1 is 1.12 bits per heavy atom. The minimum absolute atomic E-state index is 0.117. The van der Waals surface area contributed by atoms with E-state index in [1.165, 1.54) is 36.4 Å². The number of hydrogen-bond donors (Lipinski definition) is 1. The fourth-order valence-electron chi connectivity index (χ4n) is 3.29. The SMILES string of the molecule is COc1cc(NC(=O)CSc2nccn2-c2cccc(C)c2C)c(C(=O)N(C)C)cc1OC. The van der Waals surface area contributed by atoms with Crippen molar-refractivity contribution in [2.45, 2.75) is 19.0 Å². The third kappa shape index (κ3) is 5.31. The van der Waals surface area contributed by atoms with E-state index in [2.05, 4.69) is 30.2 Å². The first kappa shape index (κ1) is 24.2. The Morgan fingerprint density at radius 2 is 1.82 bits per heavy atom. The Morgan fingerprint density at radius 3 is 2.48 bits per heavy atom. The van der Waals surface area contributed by atoms with Gasteiger partial charge in [0.25, 0.3) is 5.91 Å². The van der Waals surface area contributed by atoms with Crippen LogP contribution in [0.2, 0.25) is 0 Å². The molecule has 3 rings (SSSR count). The van der Waals surface area contributed by atoms with Gasteiger partial charge in [-0.3, -0.25) is 14.2 Å². The summed E-state index contributed by atoms with van der Waals surface area (Å²) in [6.45, 7) is 4.12. The van der Waals surface area contributed by atoms with E-state index in [0.717, 1.165) is 11.3 Å². The summed E-state index contributed by atoms with van der Waals surface area (Å²) in [5.74, 6) is 0.415. The summed E-state index contributed by atoms with van der Waals surface area (Å²) in [6.07, 6.45) is 3.59. The standard InChI is InChI=1S/C24H28N4O4S/c1-15-8-7-9-19(16(15)2)28-11-10-25-24(28)33-14-22(29)26-18-13-21(32-6)20(31-5)12-17(18)23(30)27(3)4/h7-13H,14H2,1-6H3,(H,26,29). The van der Waals surface area contributed by atoms with Crippen molar-refractivity contribution >= 4 is 29.3 Å². The number of rotatable bonds is 8. The second-order valence-electron chi connectivity index (χ2n) is 7.59. The number of anilines is 1. The van der Waals surface area contributed by atoms with Crippen LogP contribution in [0.15, 0.2) is 47.9 Å². The van der Waals surface area contributed by atoms with E-state index in [9.17, 15) is 9.59 Å². The molecule has 0 radical (unpaired) electrons. The van der Waals surface area contributed by atoms with Crippen LogP contribution in [0.4, 0.5) is 5.69 Å². The van der Waals surface area contributed by atoms with Crippen LogP contribution in [-0.4, -0.2) is 60.3 Å². The normalized spacial score (nSPS) is 10.6. The van der Waals surface area contributed by atoms with E-state index >= 15 is 0 Å². The maximum Gasteiger partial charge on any atom is 0.255 e. The van der Waals surface area contributed by atoms with Gasteiger partial charge < -0.3 is 19.7 Å². The van der Waals surface area contributed by atoms with Crippen molar-refractivity contribution in [3.05, 3.63) is 59.4 Å². The third-order valence-electron chi connectivity index (χ3n) is 5.21. The molecule has 8 nitrogen and oxygen atoms in total. The molecule has 0 spiro atoms. The molecule has 1 heterocycles. The number of hydrogen-bond acceptors (Lipinski definition) is 6. The van der Waals surface area contributed by atoms with E-state index in [1.54, 1.807) is 32.4 Å². The number of benzene rings is 2. The molecule has 2 amide bonds. The number of thioether (sulfide) groups is 1. The summed E-state index contributed by atoms with van der Waals surface area (Å²) in [5.41, 5.74) is 4.03. The number of carbonyl (C=O) groups is 2. The van der Waals surface area contributed by atoms with Crippen LogP contribution in [0, 0.1) is 13.8 Å². The average Bonchev–Trinajstić information content (AvgIpc) is 3.27. The third-order valence-corrected chi connectivity index (χ3v) is 6.18. The molecule has 3 aromatic rings. The Labute approximate surface area is 197 Å². The Kier molecular flexibility index (Phi) is 7.65. The predicted molar refractivity (Wildman–Crippen MR) is 130 cm³/mol. The molecule has 2 aromatic carbocycles. The Bertz CT molecular complexity index is 1170. The predicted octanol–water partition coefficient (Wildman–Crippen LogP) is 3.94. The number of nitrogens with one attached hydrogen (secondary N) is 1. The molecule has 0 saturated heterocycles. The highest BCUT2D eigenvalue weighted by Gasteiger charge is 2.20. The Balaban J connectivity index is 1.81. The molecule has 0 atom stereocenters. The van der Waals surface area contributed by atoms with Crippen LogP contribution in [0.5, 0.6) is 11.5 Å². The lowest BCUT2D eigenvalue weighted by molar-refractivity contribution is -0.113. The highest BCUT2D eigenvalue weighted by Crippen LogP contribution is 2.34. The number of aryl methyl sites for hydroxylation is 1. The lowest BCUT2D eigenvalue weighted by Gasteiger charge is -2.18. The largest absolute Gasteiger partial charge is 0.493 e. The zero-order valence-corrected chi connectivity index (χ0v) is 20.4. The van der Waals surface area contributed by atoms with Gasteiger partial charge in [0.15, 0.2) is 16.7 Å². The second-order valence-corrected chi connectivity index (χ2v) is 8.53. The van der Waals surface area contributed by atoms with Crippen LogP contribution >= 0.6 is 11.8 Å². The van der Waals surface area contributed by atoms with E-state index in [4.69, 9.17) is 9.47 Å². The molecule has 9 heteroatoms. The molecule has 0 fully saturated rings. The lowest BCUT2D eigenvalue weighted by Crippen LogP contribution is -2.24. The first-order valence-corrected chi connectivity index (χ1v) is 11.3. The molecule has 0 unspecified atom stereocenters. The van der Waals surface area contributed by atoms with E-state index in [-0.39, 0.29) is 17.6 Å². The topological polar surface area (TPSA) is 85.7 Å². The summed E-state index contributed by atoms with van der Waals surface area (Å²) < 4.78 is 12.6. The van der Waals surface area contributed by atoms with Gasteiger partial charge in [-0.1, -0.05) is 23.9 Å². The fourth-order valence-corrected chi connectivity index (χ4v) is 4.06. The van der Waals surface area contributed by atoms with Gasteiger partial charge in [-0.15, -0.1) is 0 Å². The number of methoxy groups -OCH3 is 2. The zero-order chi connectivity index (χ0) is 24.1. The molecule has 0 aliphatic carbocycles. The molecule has 33 heavy (non-hydrogen) atoms. The van der Waals surface area contributed by atoms with Gasteiger partial charge in [0, 0.05) is 32.6 Å². The smallest absolute Gasteiger partial charge is 0.255 e. The minimum Gasteiger partial charge on any atom is -0.493 e. The number of aromatic nitrogens is 2. The van der Waals surface area contributed by atoms with Crippen LogP contribution in [-0.2, 0) is 4.79 Å². The highest BCUT2D eigenvalue weighted by atomic mass is 32.2. The van der Waals surface area contributed by atoms with Crippen molar-refractivity contribution in [3.8, 4) is 17.2 Å². The molecule has 1 aromatic heterocycles. The van der Waals surface area contributed by atoms with Crippen LogP contribution < -0.4 is 14.8 Å². The van der Waals surface area contributed by atoms with Gasteiger partial charge in [0.2, 0.25) is 5.91 Å². The van der Waals surface area contributed by atoms with Gasteiger partial charge in [0.1, 0.15) is 0 Å². The first-order chi connectivity index (χ1) is 15.8. The second kappa shape index (κ2) is 10.4. The lowest BCUT2D eigenvalue weighted by atomic mass is 10.1. The maximum absolute atomic E-state index is 12.8. The van der Waals surface area contributed by atoms with Crippen molar-refractivity contribution in [1.82, 2.24) is 14.5 Å². The van der Waals surface area contributed by atoms with Crippen molar-refractivity contribution in [1.29, 1.82) is 0 Å². The van der Waals surface area contributed by atoms with Crippen molar-refractivity contribution in [3.63, 3.8) is 0 Å². The highest BCUT2D eigenvalue weighted by molar-refractivity contribution is 7.99. The maximum atomic E-state index is 12.8. The molecule has 0 aliphatic heterocycles. The van der Waals surface area contributed by atoms with E-state index in [1.807, 2.05) is 22.9 Å². The number of carbonyl (C=O) groups excluding carboxylic acids is 2.